The molecule has 2 rings (SSSR count). The van der Waals surface area contributed by atoms with Crippen LogP contribution in [-0.4, -0.2) is 15.0 Å². The number of hydrogen-bond acceptors (Lipinski definition) is 4. The molecule has 2 aromatic heterocycles. The van der Waals surface area contributed by atoms with Crippen molar-refractivity contribution in [3.63, 3.8) is 0 Å². The van der Waals surface area contributed by atoms with Crippen molar-refractivity contribution in [1.82, 2.24) is 15.0 Å². The van der Waals surface area contributed by atoms with Gasteiger partial charge in [-0.3, -0.25) is 4.98 Å². The first kappa shape index (κ1) is 14.4. The Morgan fingerprint density at radius 2 is 1.95 bits per heavy atom. The Hall–Kier alpha value is -1.97. The zero-order chi connectivity index (χ0) is 14.5. The van der Waals surface area contributed by atoms with Crippen LogP contribution < -0.4 is 5.32 Å². The molecule has 4 nitrogen and oxygen atoms in total. The van der Waals surface area contributed by atoms with Crippen LogP contribution in [0.25, 0.3) is 0 Å². The highest BCUT2D eigenvalue weighted by Gasteiger charge is 2.12. The van der Waals surface area contributed by atoms with Crippen molar-refractivity contribution in [2.24, 2.45) is 0 Å². The van der Waals surface area contributed by atoms with Crippen LogP contribution in [0.5, 0.6) is 0 Å². The molecule has 0 spiro atoms. The van der Waals surface area contributed by atoms with Crippen molar-refractivity contribution >= 4 is 5.82 Å². The lowest BCUT2D eigenvalue weighted by molar-refractivity contribution is 0.714. The lowest BCUT2D eigenvalue weighted by atomic mass is 10.1. The SMILES string of the molecule is CC[C@@H](Nc1cc(C(C)C)nc(C)n1)c1ccccn1. The smallest absolute Gasteiger partial charge is 0.130 e. The molecular weight excluding hydrogens is 248 g/mol. The molecule has 0 fully saturated rings. The van der Waals surface area contributed by atoms with E-state index in [1.165, 1.54) is 0 Å². The Balaban J connectivity index is 2.24. The molecule has 0 aliphatic carbocycles. The number of aromatic nitrogens is 3. The van der Waals surface area contributed by atoms with Crippen molar-refractivity contribution < 1.29 is 0 Å². The fraction of sp³-hybridized carbons (Fsp3) is 0.438. The van der Waals surface area contributed by atoms with Gasteiger partial charge in [0.25, 0.3) is 0 Å². The molecule has 0 aromatic carbocycles. The van der Waals surface area contributed by atoms with Gasteiger partial charge in [0.1, 0.15) is 11.6 Å². The van der Waals surface area contributed by atoms with Gasteiger partial charge < -0.3 is 5.32 Å². The van der Waals surface area contributed by atoms with Gasteiger partial charge in [-0.15, -0.1) is 0 Å². The third-order valence-electron chi connectivity index (χ3n) is 3.22. The van der Waals surface area contributed by atoms with Gasteiger partial charge in [-0.2, -0.15) is 0 Å². The molecule has 0 saturated carbocycles. The Morgan fingerprint density at radius 1 is 1.15 bits per heavy atom. The third-order valence-corrected chi connectivity index (χ3v) is 3.22. The molecule has 4 heteroatoms. The number of nitrogens with zero attached hydrogens (tertiary/aromatic N) is 3. The van der Waals surface area contributed by atoms with E-state index in [2.05, 4.69) is 41.0 Å². The number of aryl methyl sites for hydroxylation is 1. The van der Waals surface area contributed by atoms with Crippen molar-refractivity contribution in [3.05, 3.63) is 47.7 Å². The summed E-state index contributed by atoms with van der Waals surface area (Å²) in [5.41, 5.74) is 2.10. The van der Waals surface area contributed by atoms with E-state index in [1.807, 2.05) is 37.4 Å². The molecule has 2 aromatic rings. The van der Waals surface area contributed by atoms with E-state index in [0.29, 0.717) is 5.92 Å². The average Bonchev–Trinajstić information content (AvgIpc) is 2.45. The fourth-order valence-electron chi connectivity index (χ4n) is 2.11. The summed E-state index contributed by atoms with van der Waals surface area (Å²) in [6.07, 6.45) is 2.78. The zero-order valence-corrected chi connectivity index (χ0v) is 12.6. The van der Waals surface area contributed by atoms with Crippen LogP contribution in [0.15, 0.2) is 30.5 Å². The summed E-state index contributed by atoms with van der Waals surface area (Å²) >= 11 is 0. The predicted molar refractivity (Wildman–Crippen MR) is 81.7 cm³/mol. The van der Waals surface area contributed by atoms with Crippen LogP contribution in [0.4, 0.5) is 5.82 Å². The second-order valence-corrected chi connectivity index (χ2v) is 5.24. The highest BCUT2D eigenvalue weighted by Crippen LogP contribution is 2.22. The molecule has 0 unspecified atom stereocenters. The molecule has 0 bridgehead atoms. The minimum absolute atomic E-state index is 0.172. The molecule has 0 aliphatic rings. The van der Waals surface area contributed by atoms with Gasteiger partial charge in [-0.05, 0) is 31.4 Å². The van der Waals surface area contributed by atoms with E-state index in [9.17, 15) is 0 Å². The highest BCUT2D eigenvalue weighted by molar-refractivity contribution is 5.39. The minimum Gasteiger partial charge on any atom is -0.362 e. The van der Waals surface area contributed by atoms with Gasteiger partial charge in [0.05, 0.1) is 11.7 Å². The lowest BCUT2D eigenvalue weighted by Gasteiger charge is -2.18. The maximum Gasteiger partial charge on any atom is 0.130 e. The van der Waals surface area contributed by atoms with Crippen LogP contribution >= 0.6 is 0 Å². The molecular formula is C16H22N4. The first-order valence-corrected chi connectivity index (χ1v) is 7.13. The van der Waals surface area contributed by atoms with Crippen LogP contribution in [0, 0.1) is 6.92 Å². The lowest BCUT2D eigenvalue weighted by Crippen LogP contribution is -2.13. The molecule has 1 atom stereocenters. The van der Waals surface area contributed by atoms with Gasteiger partial charge in [0.2, 0.25) is 0 Å². The van der Waals surface area contributed by atoms with Crippen LogP contribution in [0.2, 0.25) is 0 Å². The van der Waals surface area contributed by atoms with Gasteiger partial charge in [-0.25, -0.2) is 9.97 Å². The summed E-state index contributed by atoms with van der Waals surface area (Å²) in [4.78, 5) is 13.4. The fourth-order valence-corrected chi connectivity index (χ4v) is 2.11. The quantitative estimate of drug-likeness (QED) is 0.896. The number of rotatable bonds is 5. The third kappa shape index (κ3) is 3.53. The normalized spacial score (nSPS) is 12.4. The Labute approximate surface area is 120 Å². The van der Waals surface area contributed by atoms with E-state index in [0.717, 1.165) is 29.5 Å². The Kier molecular flexibility index (Phi) is 4.66. The van der Waals surface area contributed by atoms with Crippen LogP contribution in [-0.2, 0) is 0 Å². The van der Waals surface area contributed by atoms with Crippen molar-refractivity contribution in [2.45, 2.75) is 46.1 Å². The summed E-state index contributed by atoms with van der Waals surface area (Å²) in [5, 5.41) is 3.47. The number of nitrogens with one attached hydrogen (secondary N) is 1. The van der Waals surface area contributed by atoms with Gasteiger partial charge in [-0.1, -0.05) is 26.8 Å². The maximum atomic E-state index is 4.48. The molecule has 2 heterocycles. The van der Waals surface area contributed by atoms with Crippen LogP contribution in [0.1, 0.15) is 56.4 Å². The zero-order valence-electron chi connectivity index (χ0n) is 12.6. The van der Waals surface area contributed by atoms with Crippen molar-refractivity contribution in [2.75, 3.05) is 5.32 Å². The predicted octanol–water partition coefficient (Wildman–Crippen LogP) is 3.87. The topological polar surface area (TPSA) is 50.7 Å². The first-order chi connectivity index (χ1) is 9.60. The second-order valence-electron chi connectivity index (χ2n) is 5.24. The van der Waals surface area contributed by atoms with E-state index < -0.39 is 0 Å². The number of anilines is 1. The van der Waals surface area contributed by atoms with Gasteiger partial charge in [0, 0.05) is 18.0 Å². The molecule has 0 amide bonds. The summed E-state index contributed by atoms with van der Waals surface area (Å²) in [5.74, 6) is 2.07. The van der Waals surface area contributed by atoms with Gasteiger partial charge in [0.15, 0.2) is 0 Å². The minimum atomic E-state index is 0.172. The molecule has 0 radical (unpaired) electrons. The molecule has 20 heavy (non-hydrogen) atoms. The van der Waals surface area contributed by atoms with Gasteiger partial charge >= 0.3 is 0 Å². The summed E-state index contributed by atoms with van der Waals surface area (Å²) < 4.78 is 0. The summed E-state index contributed by atoms with van der Waals surface area (Å²) in [7, 11) is 0. The maximum absolute atomic E-state index is 4.48. The van der Waals surface area contributed by atoms with Crippen molar-refractivity contribution in [1.29, 1.82) is 0 Å². The van der Waals surface area contributed by atoms with E-state index in [1.54, 1.807) is 0 Å². The second kappa shape index (κ2) is 6.46. The highest BCUT2D eigenvalue weighted by atomic mass is 15.1. The number of hydrogen-bond donors (Lipinski definition) is 1. The standard InChI is InChI=1S/C16H22N4/c1-5-13(14-8-6-7-9-17-14)20-16-10-15(11(2)3)18-12(4)19-16/h6-11,13H,5H2,1-4H3,(H,18,19,20)/t13-/m1/s1. The average molecular weight is 270 g/mol. The Bertz CT molecular complexity index is 552. The van der Waals surface area contributed by atoms with Crippen molar-refractivity contribution in [3.8, 4) is 0 Å². The Morgan fingerprint density at radius 3 is 2.55 bits per heavy atom. The van der Waals surface area contributed by atoms with Crippen LogP contribution in [0.3, 0.4) is 0 Å². The molecule has 106 valence electrons. The summed E-state index contributed by atoms with van der Waals surface area (Å²) in [6, 6.07) is 8.19. The van der Waals surface area contributed by atoms with E-state index >= 15 is 0 Å². The number of pyridine rings is 1. The molecule has 1 N–H and O–H groups in total. The van der Waals surface area contributed by atoms with E-state index in [-0.39, 0.29) is 6.04 Å². The molecule has 0 saturated heterocycles. The summed E-state index contributed by atoms with van der Waals surface area (Å²) in [6.45, 7) is 8.35. The first-order valence-electron chi connectivity index (χ1n) is 7.13. The molecule has 0 aliphatic heterocycles. The monoisotopic (exact) mass is 270 g/mol. The van der Waals surface area contributed by atoms with E-state index in [4.69, 9.17) is 0 Å². The largest absolute Gasteiger partial charge is 0.362 e.